The van der Waals surface area contributed by atoms with E-state index in [2.05, 4.69) is 5.32 Å². The topological polar surface area (TPSA) is 75.6 Å². The highest BCUT2D eigenvalue weighted by molar-refractivity contribution is 5.70. The van der Waals surface area contributed by atoms with Gasteiger partial charge in [0.2, 0.25) is 0 Å². The van der Waals surface area contributed by atoms with Crippen molar-refractivity contribution in [1.82, 2.24) is 5.32 Å². The van der Waals surface area contributed by atoms with Crippen LogP contribution in [0.15, 0.2) is 12.2 Å². The van der Waals surface area contributed by atoms with Crippen LogP contribution in [-0.2, 0) is 9.53 Å². The molecule has 0 saturated heterocycles. The molecular weight excluding hydrogens is 222 g/mol. The van der Waals surface area contributed by atoms with Crippen molar-refractivity contribution in [3.05, 3.63) is 12.2 Å². The van der Waals surface area contributed by atoms with Gasteiger partial charge in [0.15, 0.2) is 0 Å². The van der Waals surface area contributed by atoms with Gasteiger partial charge in [0.25, 0.3) is 0 Å². The van der Waals surface area contributed by atoms with Crippen molar-refractivity contribution in [2.24, 2.45) is 0 Å². The minimum atomic E-state index is -0.908. The van der Waals surface area contributed by atoms with Crippen LogP contribution in [-0.4, -0.2) is 28.3 Å². The molecule has 0 aromatic rings. The van der Waals surface area contributed by atoms with Gasteiger partial charge >= 0.3 is 12.1 Å². The van der Waals surface area contributed by atoms with Gasteiger partial charge in [-0.15, -0.1) is 0 Å². The van der Waals surface area contributed by atoms with E-state index in [9.17, 15) is 9.59 Å². The maximum Gasteiger partial charge on any atom is 0.408 e. The lowest BCUT2D eigenvalue weighted by Gasteiger charge is -2.26. The highest BCUT2D eigenvalue weighted by Gasteiger charge is 2.22. The van der Waals surface area contributed by atoms with Crippen LogP contribution in [0.4, 0.5) is 4.79 Å². The molecule has 5 nitrogen and oxygen atoms in total. The van der Waals surface area contributed by atoms with E-state index in [0.717, 1.165) is 0 Å². The third kappa shape index (κ3) is 9.41. The summed E-state index contributed by atoms with van der Waals surface area (Å²) in [5, 5.41) is 11.1. The Morgan fingerprint density at radius 1 is 1.24 bits per heavy atom. The number of carboxylic acid groups (broad SMARTS) is 1. The Kier molecular flexibility index (Phi) is 5.19. The van der Waals surface area contributed by atoms with Gasteiger partial charge in [0.1, 0.15) is 5.60 Å². The molecule has 17 heavy (non-hydrogen) atoms. The molecular formula is C12H21NO4. The number of carbonyl (C=O) groups is 2. The van der Waals surface area contributed by atoms with Crippen molar-refractivity contribution >= 4 is 12.1 Å². The fourth-order valence-corrected chi connectivity index (χ4v) is 1.06. The van der Waals surface area contributed by atoms with Crippen molar-refractivity contribution < 1.29 is 19.4 Å². The van der Waals surface area contributed by atoms with Crippen molar-refractivity contribution in [3.8, 4) is 0 Å². The Morgan fingerprint density at radius 2 is 1.76 bits per heavy atom. The molecule has 0 saturated carbocycles. The van der Waals surface area contributed by atoms with Crippen LogP contribution in [0.1, 0.15) is 41.0 Å². The van der Waals surface area contributed by atoms with Gasteiger partial charge in [0.05, 0.1) is 12.0 Å². The molecule has 0 rings (SSSR count). The molecule has 98 valence electrons. The van der Waals surface area contributed by atoms with E-state index in [4.69, 9.17) is 9.84 Å². The van der Waals surface area contributed by atoms with Crippen LogP contribution < -0.4 is 5.32 Å². The summed E-state index contributed by atoms with van der Waals surface area (Å²) in [6.07, 6.45) is 2.53. The monoisotopic (exact) mass is 243 g/mol. The summed E-state index contributed by atoms with van der Waals surface area (Å²) in [5.74, 6) is -0.908. The molecule has 0 aliphatic heterocycles. The SMILES string of the molecule is CC(C)(C=CCC(=O)O)NC(=O)OC(C)(C)C. The summed E-state index contributed by atoms with van der Waals surface area (Å²) in [6.45, 7) is 8.85. The van der Waals surface area contributed by atoms with E-state index in [1.165, 1.54) is 6.08 Å². The number of alkyl carbamates (subject to hydrolysis) is 1. The largest absolute Gasteiger partial charge is 0.481 e. The lowest BCUT2D eigenvalue weighted by atomic mass is 10.1. The summed E-state index contributed by atoms with van der Waals surface area (Å²) < 4.78 is 5.10. The first-order valence-corrected chi connectivity index (χ1v) is 5.42. The summed E-state index contributed by atoms with van der Waals surface area (Å²) in [5.41, 5.74) is -1.19. The summed E-state index contributed by atoms with van der Waals surface area (Å²) >= 11 is 0. The van der Waals surface area contributed by atoms with Crippen molar-refractivity contribution in [1.29, 1.82) is 0 Å². The van der Waals surface area contributed by atoms with Crippen molar-refractivity contribution in [3.63, 3.8) is 0 Å². The molecule has 2 N–H and O–H groups in total. The molecule has 1 amide bonds. The molecule has 0 spiro atoms. The molecule has 0 heterocycles. The Morgan fingerprint density at radius 3 is 2.18 bits per heavy atom. The van der Waals surface area contributed by atoms with Gasteiger partial charge < -0.3 is 15.2 Å². The number of hydrogen-bond donors (Lipinski definition) is 2. The van der Waals surface area contributed by atoms with Crippen LogP contribution in [0.3, 0.4) is 0 Å². The van der Waals surface area contributed by atoms with Crippen LogP contribution >= 0.6 is 0 Å². The molecule has 0 bridgehead atoms. The molecule has 0 atom stereocenters. The Bertz CT molecular complexity index is 313. The molecule has 0 fully saturated rings. The number of carboxylic acids is 1. The molecule has 0 aromatic carbocycles. The minimum Gasteiger partial charge on any atom is -0.481 e. The van der Waals surface area contributed by atoms with Crippen LogP contribution in [0.2, 0.25) is 0 Å². The summed E-state index contributed by atoms with van der Waals surface area (Å²) in [4.78, 5) is 21.8. The van der Waals surface area contributed by atoms with Gasteiger partial charge in [-0.05, 0) is 34.6 Å². The maximum absolute atomic E-state index is 11.5. The average molecular weight is 243 g/mol. The lowest BCUT2D eigenvalue weighted by molar-refractivity contribution is -0.136. The van der Waals surface area contributed by atoms with Crippen molar-refractivity contribution in [2.75, 3.05) is 0 Å². The zero-order valence-corrected chi connectivity index (χ0v) is 11.0. The average Bonchev–Trinajstić information content (AvgIpc) is 1.96. The van der Waals surface area contributed by atoms with E-state index >= 15 is 0 Å². The highest BCUT2D eigenvalue weighted by Crippen LogP contribution is 2.10. The fourth-order valence-electron chi connectivity index (χ4n) is 1.06. The van der Waals surface area contributed by atoms with Gasteiger partial charge in [-0.2, -0.15) is 0 Å². The smallest absolute Gasteiger partial charge is 0.408 e. The van der Waals surface area contributed by atoms with E-state index in [1.54, 1.807) is 40.7 Å². The van der Waals surface area contributed by atoms with Gasteiger partial charge in [-0.25, -0.2) is 4.79 Å². The summed E-state index contributed by atoms with van der Waals surface area (Å²) in [7, 11) is 0. The van der Waals surface area contributed by atoms with Crippen molar-refractivity contribution in [2.45, 2.75) is 52.2 Å². The quantitative estimate of drug-likeness (QED) is 0.743. The van der Waals surface area contributed by atoms with Crippen LogP contribution in [0.5, 0.6) is 0 Å². The molecule has 0 radical (unpaired) electrons. The maximum atomic E-state index is 11.5. The second-order valence-corrected chi connectivity index (χ2v) is 5.35. The number of hydrogen-bond acceptors (Lipinski definition) is 3. The normalized spacial score (nSPS) is 12.5. The third-order valence-corrected chi connectivity index (χ3v) is 1.65. The van der Waals surface area contributed by atoms with E-state index in [1.807, 2.05) is 0 Å². The third-order valence-electron chi connectivity index (χ3n) is 1.65. The van der Waals surface area contributed by atoms with E-state index < -0.39 is 23.2 Å². The highest BCUT2D eigenvalue weighted by atomic mass is 16.6. The van der Waals surface area contributed by atoms with E-state index in [-0.39, 0.29) is 6.42 Å². The van der Waals surface area contributed by atoms with Crippen LogP contribution in [0, 0.1) is 0 Å². The first-order valence-electron chi connectivity index (χ1n) is 5.42. The van der Waals surface area contributed by atoms with Gasteiger partial charge in [-0.1, -0.05) is 12.2 Å². The van der Waals surface area contributed by atoms with Crippen LogP contribution in [0.25, 0.3) is 0 Å². The molecule has 0 unspecified atom stereocenters. The second-order valence-electron chi connectivity index (χ2n) is 5.35. The first-order chi connectivity index (χ1) is 7.52. The van der Waals surface area contributed by atoms with E-state index in [0.29, 0.717) is 0 Å². The number of amides is 1. The molecule has 0 aromatic heterocycles. The standard InChI is InChI=1S/C12H21NO4/c1-11(2,3)17-10(16)13-12(4,5)8-6-7-9(14)15/h6,8H,7H2,1-5H3,(H,13,16)(H,14,15). The first kappa shape index (κ1) is 15.5. The zero-order valence-electron chi connectivity index (χ0n) is 11.0. The second kappa shape index (κ2) is 5.70. The number of carbonyl (C=O) groups excluding carboxylic acids is 1. The predicted molar refractivity (Wildman–Crippen MR) is 64.8 cm³/mol. The Labute approximate surface area is 102 Å². The predicted octanol–water partition coefficient (Wildman–Crippen LogP) is 2.32. The zero-order chi connectivity index (χ0) is 13.7. The fraction of sp³-hybridized carbons (Fsp3) is 0.667. The molecule has 5 heteroatoms. The minimum absolute atomic E-state index is 0.0700. The van der Waals surface area contributed by atoms with Gasteiger partial charge in [-0.3, -0.25) is 4.79 Å². The Balaban J connectivity index is 4.30. The number of rotatable bonds is 4. The summed E-state index contributed by atoms with van der Waals surface area (Å²) in [6, 6.07) is 0. The lowest BCUT2D eigenvalue weighted by Crippen LogP contribution is -2.44. The Hall–Kier alpha value is -1.52. The molecule has 0 aliphatic carbocycles. The van der Waals surface area contributed by atoms with Gasteiger partial charge in [0, 0.05) is 0 Å². The number of aliphatic carboxylic acids is 1. The number of nitrogens with one attached hydrogen (secondary N) is 1. The molecule has 0 aliphatic rings. The number of ether oxygens (including phenoxy) is 1.